The fourth-order valence-electron chi connectivity index (χ4n) is 1.92. The van der Waals surface area contributed by atoms with Crippen LogP contribution in [0.2, 0.25) is 0 Å². The standard InChI is InChI=1S/C18H27NO4/c1-4-22-18(21)7-5-6-15-8-10-17(11-9-15)23-13-16(20)12-19-14(2)3/h8-12,14,16,20H,4-7,13H2,1-3H3/b19-12-. The Labute approximate surface area is 138 Å². The number of benzene rings is 1. The van der Waals surface area contributed by atoms with Gasteiger partial charge in [-0.15, -0.1) is 0 Å². The van der Waals surface area contributed by atoms with Crippen LogP contribution in [0.15, 0.2) is 29.3 Å². The molecule has 0 aliphatic rings. The highest BCUT2D eigenvalue weighted by Crippen LogP contribution is 2.14. The number of carbonyl (C=O) groups is 1. The molecule has 0 radical (unpaired) electrons. The molecule has 0 saturated heterocycles. The van der Waals surface area contributed by atoms with Gasteiger partial charge in [0.1, 0.15) is 18.5 Å². The topological polar surface area (TPSA) is 68.1 Å². The normalized spacial score (nSPS) is 12.6. The average Bonchev–Trinajstić information content (AvgIpc) is 2.52. The molecular weight excluding hydrogens is 294 g/mol. The summed E-state index contributed by atoms with van der Waals surface area (Å²) in [6.07, 6.45) is 2.83. The minimum atomic E-state index is -0.707. The van der Waals surface area contributed by atoms with Crippen LogP contribution in [0.5, 0.6) is 5.75 Å². The van der Waals surface area contributed by atoms with E-state index in [4.69, 9.17) is 9.47 Å². The molecule has 0 amide bonds. The van der Waals surface area contributed by atoms with E-state index in [1.165, 1.54) is 6.21 Å². The fraction of sp³-hybridized carbons (Fsp3) is 0.556. The van der Waals surface area contributed by atoms with Crippen LogP contribution in [0.4, 0.5) is 0 Å². The first kappa shape index (κ1) is 19.2. The summed E-state index contributed by atoms with van der Waals surface area (Å²) < 4.78 is 10.4. The number of aliphatic hydroxyl groups excluding tert-OH is 1. The maximum absolute atomic E-state index is 11.3. The summed E-state index contributed by atoms with van der Waals surface area (Å²) in [5, 5.41) is 9.71. The number of hydrogen-bond acceptors (Lipinski definition) is 5. The number of hydrogen-bond donors (Lipinski definition) is 1. The number of ether oxygens (including phenoxy) is 2. The Morgan fingerprint density at radius 3 is 2.61 bits per heavy atom. The van der Waals surface area contributed by atoms with Crippen LogP contribution in [0.3, 0.4) is 0 Å². The van der Waals surface area contributed by atoms with E-state index in [0.717, 1.165) is 18.4 Å². The van der Waals surface area contributed by atoms with Gasteiger partial charge in [0.25, 0.3) is 0 Å². The Kier molecular flexibility index (Phi) is 8.98. The summed E-state index contributed by atoms with van der Waals surface area (Å²) in [7, 11) is 0. The minimum absolute atomic E-state index is 0.149. The van der Waals surface area contributed by atoms with Gasteiger partial charge in [0, 0.05) is 18.7 Å². The van der Waals surface area contributed by atoms with E-state index < -0.39 is 6.10 Å². The van der Waals surface area contributed by atoms with Gasteiger partial charge in [-0.05, 0) is 51.3 Å². The Morgan fingerprint density at radius 2 is 2.00 bits per heavy atom. The predicted molar refractivity (Wildman–Crippen MR) is 91.1 cm³/mol. The highest BCUT2D eigenvalue weighted by molar-refractivity contribution is 5.69. The fourth-order valence-corrected chi connectivity index (χ4v) is 1.92. The molecule has 5 nitrogen and oxygen atoms in total. The van der Waals surface area contributed by atoms with Gasteiger partial charge < -0.3 is 14.6 Å². The molecule has 1 rings (SSSR count). The number of rotatable bonds is 10. The maximum Gasteiger partial charge on any atom is 0.305 e. The van der Waals surface area contributed by atoms with Crippen LogP contribution < -0.4 is 4.74 Å². The van der Waals surface area contributed by atoms with E-state index in [1.54, 1.807) is 0 Å². The Morgan fingerprint density at radius 1 is 1.30 bits per heavy atom. The summed E-state index contributed by atoms with van der Waals surface area (Å²) in [5.41, 5.74) is 1.14. The first-order chi connectivity index (χ1) is 11.0. The van der Waals surface area contributed by atoms with Gasteiger partial charge in [-0.25, -0.2) is 0 Å². The average molecular weight is 321 g/mol. The van der Waals surface area contributed by atoms with Crippen molar-refractivity contribution in [2.24, 2.45) is 4.99 Å². The molecule has 1 aromatic rings. The van der Waals surface area contributed by atoms with Gasteiger partial charge >= 0.3 is 5.97 Å². The van der Waals surface area contributed by atoms with Gasteiger partial charge in [0.15, 0.2) is 0 Å². The van der Waals surface area contributed by atoms with Gasteiger partial charge in [-0.1, -0.05) is 12.1 Å². The lowest BCUT2D eigenvalue weighted by molar-refractivity contribution is -0.143. The van der Waals surface area contributed by atoms with Crippen molar-refractivity contribution in [2.45, 2.75) is 52.2 Å². The van der Waals surface area contributed by atoms with E-state index in [0.29, 0.717) is 18.8 Å². The Balaban J connectivity index is 2.31. The Hall–Kier alpha value is -1.88. The van der Waals surface area contributed by atoms with Crippen molar-refractivity contribution in [1.82, 2.24) is 0 Å². The van der Waals surface area contributed by atoms with Gasteiger partial charge in [-0.2, -0.15) is 0 Å². The van der Waals surface area contributed by atoms with Gasteiger partial charge in [0.05, 0.1) is 6.61 Å². The SMILES string of the molecule is CCOC(=O)CCCc1ccc(OCC(O)/C=N\C(C)C)cc1. The molecule has 1 aromatic carbocycles. The third-order valence-corrected chi connectivity index (χ3v) is 3.05. The lowest BCUT2D eigenvalue weighted by atomic mass is 10.1. The molecule has 1 N–H and O–H groups in total. The monoisotopic (exact) mass is 321 g/mol. The number of aryl methyl sites for hydroxylation is 1. The van der Waals surface area contributed by atoms with E-state index in [9.17, 15) is 9.90 Å². The van der Waals surface area contributed by atoms with Crippen LogP contribution in [-0.2, 0) is 16.0 Å². The van der Waals surface area contributed by atoms with Crippen molar-refractivity contribution in [3.8, 4) is 5.75 Å². The van der Waals surface area contributed by atoms with Crippen LogP contribution >= 0.6 is 0 Å². The molecule has 5 heteroatoms. The molecule has 1 unspecified atom stereocenters. The van der Waals surface area contributed by atoms with Crippen molar-refractivity contribution < 1.29 is 19.4 Å². The number of esters is 1. The predicted octanol–water partition coefficient (Wildman–Crippen LogP) is 2.79. The van der Waals surface area contributed by atoms with Crippen molar-refractivity contribution in [2.75, 3.05) is 13.2 Å². The zero-order valence-electron chi connectivity index (χ0n) is 14.2. The van der Waals surface area contributed by atoms with Crippen LogP contribution in [0.25, 0.3) is 0 Å². The number of aliphatic hydroxyl groups is 1. The van der Waals surface area contributed by atoms with Gasteiger partial charge in [0.2, 0.25) is 0 Å². The highest BCUT2D eigenvalue weighted by Gasteiger charge is 2.04. The van der Waals surface area contributed by atoms with Crippen molar-refractivity contribution in [3.63, 3.8) is 0 Å². The van der Waals surface area contributed by atoms with E-state index in [-0.39, 0.29) is 18.6 Å². The Bertz CT molecular complexity index is 482. The molecule has 0 aliphatic carbocycles. The molecular formula is C18H27NO4. The number of carbonyl (C=O) groups excluding carboxylic acids is 1. The second kappa shape index (κ2) is 10.8. The molecule has 23 heavy (non-hydrogen) atoms. The molecule has 0 bridgehead atoms. The molecule has 1 atom stereocenters. The zero-order valence-corrected chi connectivity index (χ0v) is 14.2. The second-order valence-electron chi connectivity index (χ2n) is 5.57. The molecule has 0 spiro atoms. The van der Waals surface area contributed by atoms with Crippen LogP contribution in [-0.4, -0.2) is 42.7 Å². The number of nitrogens with zero attached hydrogens (tertiary/aromatic N) is 1. The second-order valence-corrected chi connectivity index (χ2v) is 5.57. The summed E-state index contributed by atoms with van der Waals surface area (Å²) in [6, 6.07) is 7.83. The first-order valence-corrected chi connectivity index (χ1v) is 8.10. The number of aliphatic imine (C=N–C) groups is 1. The van der Waals surface area contributed by atoms with Crippen molar-refractivity contribution >= 4 is 12.2 Å². The largest absolute Gasteiger partial charge is 0.490 e. The summed E-state index contributed by atoms with van der Waals surface area (Å²) >= 11 is 0. The molecule has 0 saturated carbocycles. The summed E-state index contributed by atoms with van der Waals surface area (Å²) in [5.74, 6) is 0.556. The molecule has 0 fully saturated rings. The third kappa shape index (κ3) is 8.98. The van der Waals surface area contributed by atoms with Crippen LogP contribution in [0.1, 0.15) is 39.2 Å². The molecule has 128 valence electrons. The first-order valence-electron chi connectivity index (χ1n) is 8.10. The molecule has 0 heterocycles. The quantitative estimate of drug-likeness (QED) is 0.531. The summed E-state index contributed by atoms with van der Waals surface area (Å²) in [6.45, 7) is 6.31. The van der Waals surface area contributed by atoms with Crippen LogP contribution in [0, 0.1) is 0 Å². The van der Waals surface area contributed by atoms with E-state index in [2.05, 4.69) is 4.99 Å². The lowest BCUT2D eigenvalue weighted by Crippen LogP contribution is -2.19. The smallest absolute Gasteiger partial charge is 0.305 e. The van der Waals surface area contributed by atoms with E-state index >= 15 is 0 Å². The lowest BCUT2D eigenvalue weighted by Gasteiger charge is -2.10. The zero-order chi connectivity index (χ0) is 17.1. The summed E-state index contributed by atoms with van der Waals surface area (Å²) in [4.78, 5) is 15.4. The van der Waals surface area contributed by atoms with Crippen molar-refractivity contribution in [3.05, 3.63) is 29.8 Å². The minimum Gasteiger partial charge on any atom is -0.490 e. The van der Waals surface area contributed by atoms with Crippen molar-refractivity contribution in [1.29, 1.82) is 0 Å². The maximum atomic E-state index is 11.3. The van der Waals surface area contributed by atoms with E-state index in [1.807, 2.05) is 45.0 Å². The third-order valence-electron chi connectivity index (χ3n) is 3.05. The highest BCUT2D eigenvalue weighted by atomic mass is 16.5. The molecule has 0 aliphatic heterocycles. The molecule has 0 aromatic heterocycles. The van der Waals surface area contributed by atoms with Gasteiger partial charge in [-0.3, -0.25) is 9.79 Å².